The number of nitrogens with zero attached hydrogens (tertiary/aromatic N) is 1. The summed E-state index contributed by atoms with van der Waals surface area (Å²) < 4.78 is 1.08. The summed E-state index contributed by atoms with van der Waals surface area (Å²) in [6, 6.07) is 7.01. The van der Waals surface area contributed by atoms with Gasteiger partial charge in [0.1, 0.15) is 0 Å². The van der Waals surface area contributed by atoms with E-state index in [0.717, 1.165) is 28.7 Å². The predicted molar refractivity (Wildman–Crippen MR) is 76.8 cm³/mol. The Morgan fingerprint density at radius 1 is 1.35 bits per heavy atom. The van der Waals surface area contributed by atoms with Gasteiger partial charge in [0.05, 0.1) is 0 Å². The highest BCUT2D eigenvalue weighted by Gasteiger charge is 2.29. The fourth-order valence-electron chi connectivity index (χ4n) is 2.25. The van der Waals surface area contributed by atoms with Gasteiger partial charge in [-0.15, -0.1) is 0 Å². The molecule has 0 spiro atoms. The molecule has 1 fully saturated rings. The first-order chi connectivity index (χ1) is 8.04. The topological polar surface area (TPSA) is 29.3 Å². The molecule has 1 aromatic rings. The first-order valence-corrected chi connectivity index (χ1v) is 7.13. The Morgan fingerprint density at radius 2 is 2.06 bits per heavy atom. The Balaban J connectivity index is 2.05. The van der Waals surface area contributed by atoms with Crippen molar-refractivity contribution < 1.29 is 0 Å². The molecule has 2 rings (SSSR count). The number of hydrogen-bond donors (Lipinski definition) is 1. The third-order valence-electron chi connectivity index (χ3n) is 3.03. The molecule has 2 nitrogen and oxygen atoms in total. The first-order valence-electron chi connectivity index (χ1n) is 6.33. The van der Waals surface area contributed by atoms with Crippen LogP contribution in [0, 0.1) is 5.92 Å². The van der Waals surface area contributed by atoms with Gasteiger partial charge < -0.3 is 5.73 Å². The molecule has 0 radical (unpaired) electrons. The average Bonchev–Trinajstić information content (AvgIpc) is 2.96. The number of benzene rings is 1. The molecule has 0 amide bonds. The zero-order chi connectivity index (χ0) is 12.4. The second-order valence-corrected chi connectivity index (χ2v) is 6.36. The largest absolute Gasteiger partial charge is 0.399 e. The van der Waals surface area contributed by atoms with Crippen molar-refractivity contribution in [1.82, 2.24) is 4.90 Å². The van der Waals surface area contributed by atoms with Crippen LogP contribution in [0.5, 0.6) is 0 Å². The number of rotatable bonds is 5. The minimum Gasteiger partial charge on any atom is -0.399 e. The monoisotopic (exact) mass is 296 g/mol. The Morgan fingerprint density at radius 3 is 2.59 bits per heavy atom. The van der Waals surface area contributed by atoms with Crippen LogP contribution in [0.25, 0.3) is 0 Å². The van der Waals surface area contributed by atoms with Crippen LogP contribution >= 0.6 is 15.9 Å². The molecule has 0 aromatic heterocycles. The molecular weight excluding hydrogens is 276 g/mol. The van der Waals surface area contributed by atoms with E-state index in [1.54, 1.807) is 0 Å². The molecule has 0 saturated heterocycles. The number of nitrogen functional groups attached to an aromatic ring is 1. The van der Waals surface area contributed by atoms with E-state index in [2.05, 4.69) is 46.8 Å². The number of anilines is 1. The van der Waals surface area contributed by atoms with E-state index in [9.17, 15) is 0 Å². The van der Waals surface area contributed by atoms with Gasteiger partial charge in [0, 0.05) is 29.3 Å². The van der Waals surface area contributed by atoms with E-state index in [1.807, 2.05) is 6.07 Å². The Bertz CT molecular complexity index is 366. The number of nitrogens with two attached hydrogens (primary N) is 1. The summed E-state index contributed by atoms with van der Waals surface area (Å²) in [4.78, 5) is 2.59. The van der Waals surface area contributed by atoms with Gasteiger partial charge in [0.2, 0.25) is 0 Å². The fraction of sp³-hybridized carbons (Fsp3) is 0.571. The maximum absolute atomic E-state index is 5.88. The van der Waals surface area contributed by atoms with Gasteiger partial charge in [-0.25, -0.2) is 0 Å². The maximum atomic E-state index is 5.88. The molecule has 1 saturated carbocycles. The lowest BCUT2D eigenvalue weighted by molar-refractivity contribution is 0.226. The molecule has 0 heterocycles. The highest BCUT2D eigenvalue weighted by atomic mass is 79.9. The zero-order valence-corrected chi connectivity index (χ0v) is 12.2. The van der Waals surface area contributed by atoms with Gasteiger partial charge in [-0.3, -0.25) is 4.90 Å². The van der Waals surface area contributed by atoms with E-state index in [4.69, 9.17) is 5.73 Å². The van der Waals surface area contributed by atoms with E-state index in [-0.39, 0.29) is 0 Å². The second kappa shape index (κ2) is 5.40. The van der Waals surface area contributed by atoms with Gasteiger partial charge in [0.15, 0.2) is 0 Å². The summed E-state index contributed by atoms with van der Waals surface area (Å²) >= 11 is 3.51. The second-order valence-electron chi connectivity index (χ2n) is 5.45. The molecule has 1 aromatic carbocycles. The molecule has 0 atom stereocenters. The molecule has 0 unspecified atom stereocenters. The smallest absolute Gasteiger partial charge is 0.0328 e. The molecule has 94 valence electrons. The van der Waals surface area contributed by atoms with Crippen molar-refractivity contribution in [3.8, 4) is 0 Å². The van der Waals surface area contributed by atoms with Gasteiger partial charge in [0.25, 0.3) is 0 Å². The lowest BCUT2D eigenvalue weighted by Gasteiger charge is -2.24. The van der Waals surface area contributed by atoms with E-state index < -0.39 is 0 Å². The summed E-state index contributed by atoms with van der Waals surface area (Å²) in [6.45, 7) is 6.76. The van der Waals surface area contributed by atoms with Crippen LogP contribution in [0.2, 0.25) is 0 Å². The number of hydrogen-bond acceptors (Lipinski definition) is 2. The van der Waals surface area contributed by atoms with E-state index in [0.29, 0.717) is 0 Å². The highest BCUT2D eigenvalue weighted by Crippen LogP contribution is 2.29. The first kappa shape index (κ1) is 12.9. The van der Waals surface area contributed by atoms with E-state index >= 15 is 0 Å². The third kappa shape index (κ3) is 4.00. The summed E-state index contributed by atoms with van der Waals surface area (Å²) in [7, 11) is 0. The minimum atomic E-state index is 0.722. The highest BCUT2D eigenvalue weighted by molar-refractivity contribution is 9.10. The van der Waals surface area contributed by atoms with E-state index in [1.165, 1.54) is 24.9 Å². The van der Waals surface area contributed by atoms with Crippen molar-refractivity contribution in [2.24, 2.45) is 5.92 Å². The van der Waals surface area contributed by atoms with Gasteiger partial charge in [-0.05, 0) is 42.5 Å². The zero-order valence-electron chi connectivity index (χ0n) is 10.6. The van der Waals surface area contributed by atoms with Gasteiger partial charge >= 0.3 is 0 Å². The Hall–Kier alpha value is -0.540. The van der Waals surface area contributed by atoms with Crippen LogP contribution in [0.4, 0.5) is 5.69 Å². The van der Waals surface area contributed by atoms with Crippen molar-refractivity contribution in [3.63, 3.8) is 0 Å². The number of halogens is 1. The Kier molecular flexibility index (Phi) is 4.10. The van der Waals surface area contributed by atoms with Crippen LogP contribution in [-0.2, 0) is 6.54 Å². The lowest BCUT2D eigenvalue weighted by atomic mass is 10.1. The van der Waals surface area contributed by atoms with Crippen molar-refractivity contribution in [1.29, 1.82) is 0 Å². The molecule has 17 heavy (non-hydrogen) atoms. The predicted octanol–water partition coefficient (Wildman–Crippen LogP) is 3.65. The molecule has 1 aliphatic carbocycles. The minimum absolute atomic E-state index is 0.722. The standard InChI is InChI=1S/C14H21BrN2/c1-10(2)8-17(14-3-4-14)9-11-5-12(15)7-13(16)6-11/h5-7,10,14H,3-4,8-9,16H2,1-2H3. The molecule has 2 N–H and O–H groups in total. The van der Waals surface area contributed by atoms with Crippen molar-refractivity contribution in [3.05, 3.63) is 28.2 Å². The quantitative estimate of drug-likeness (QED) is 0.841. The van der Waals surface area contributed by atoms with Crippen molar-refractivity contribution >= 4 is 21.6 Å². The SMILES string of the molecule is CC(C)CN(Cc1cc(N)cc(Br)c1)C1CC1. The molecule has 3 heteroatoms. The van der Waals surface area contributed by atoms with Crippen molar-refractivity contribution in [2.75, 3.05) is 12.3 Å². The van der Waals surface area contributed by atoms with Gasteiger partial charge in [-0.2, -0.15) is 0 Å². The summed E-state index contributed by atoms with van der Waals surface area (Å²) in [6.07, 6.45) is 2.71. The maximum Gasteiger partial charge on any atom is 0.0328 e. The van der Waals surface area contributed by atoms with Crippen molar-refractivity contribution in [2.45, 2.75) is 39.3 Å². The molecule has 0 bridgehead atoms. The Labute approximate surface area is 112 Å². The molecule has 1 aliphatic rings. The van der Waals surface area contributed by atoms with Crippen LogP contribution in [0.3, 0.4) is 0 Å². The average molecular weight is 297 g/mol. The normalized spacial score (nSPS) is 15.8. The summed E-state index contributed by atoms with van der Waals surface area (Å²) in [5.41, 5.74) is 8.03. The third-order valence-corrected chi connectivity index (χ3v) is 3.49. The van der Waals surface area contributed by atoms with Gasteiger partial charge in [-0.1, -0.05) is 29.8 Å². The van der Waals surface area contributed by atoms with Crippen LogP contribution in [-0.4, -0.2) is 17.5 Å². The fourth-order valence-corrected chi connectivity index (χ4v) is 2.81. The summed E-state index contributed by atoms with van der Waals surface area (Å²) in [5, 5.41) is 0. The van der Waals surface area contributed by atoms with Crippen LogP contribution in [0.1, 0.15) is 32.3 Å². The van der Waals surface area contributed by atoms with Crippen LogP contribution in [0.15, 0.2) is 22.7 Å². The molecular formula is C14H21BrN2. The van der Waals surface area contributed by atoms with Crippen LogP contribution < -0.4 is 5.73 Å². The lowest BCUT2D eigenvalue weighted by Crippen LogP contribution is -2.29. The molecule has 0 aliphatic heterocycles. The summed E-state index contributed by atoms with van der Waals surface area (Å²) in [5.74, 6) is 0.722.